The molecule has 1 heterocycles. The van der Waals surface area contributed by atoms with Gasteiger partial charge in [-0.2, -0.15) is 4.31 Å². The number of hydrogen-bond donors (Lipinski definition) is 1. The first kappa shape index (κ1) is 14.8. The Bertz CT molecular complexity index is 705. The van der Waals surface area contributed by atoms with Crippen molar-refractivity contribution < 1.29 is 8.42 Å². The molecule has 7 heteroatoms. The van der Waals surface area contributed by atoms with Crippen molar-refractivity contribution in [2.75, 3.05) is 12.8 Å². The molecule has 20 heavy (non-hydrogen) atoms. The molecule has 1 aromatic carbocycles. The van der Waals surface area contributed by atoms with Crippen molar-refractivity contribution >= 4 is 27.3 Å². The van der Waals surface area contributed by atoms with Crippen LogP contribution in [0.15, 0.2) is 47.5 Å². The fourth-order valence-electron chi connectivity index (χ4n) is 1.70. The second kappa shape index (κ2) is 5.78. The van der Waals surface area contributed by atoms with Gasteiger partial charge in [0.2, 0.25) is 10.0 Å². The van der Waals surface area contributed by atoms with E-state index in [1.54, 1.807) is 24.4 Å². The summed E-state index contributed by atoms with van der Waals surface area (Å²) < 4.78 is 26.1. The lowest BCUT2D eigenvalue weighted by Crippen LogP contribution is -2.27. The number of nitrogen functional groups attached to an aromatic ring is 1. The summed E-state index contributed by atoms with van der Waals surface area (Å²) in [6.45, 7) is 0.171. The zero-order valence-corrected chi connectivity index (χ0v) is 12.4. The van der Waals surface area contributed by atoms with Gasteiger partial charge in [-0.05, 0) is 30.3 Å². The van der Waals surface area contributed by atoms with E-state index in [1.807, 2.05) is 0 Å². The van der Waals surface area contributed by atoms with Crippen molar-refractivity contribution in [1.82, 2.24) is 9.29 Å². The third-order valence-electron chi connectivity index (χ3n) is 2.75. The van der Waals surface area contributed by atoms with Crippen LogP contribution < -0.4 is 5.73 Å². The minimum atomic E-state index is -3.68. The van der Waals surface area contributed by atoms with Crippen LogP contribution in [0.25, 0.3) is 0 Å². The molecule has 0 unspecified atom stereocenters. The number of hydrogen-bond acceptors (Lipinski definition) is 4. The van der Waals surface area contributed by atoms with E-state index in [0.717, 1.165) is 0 Å². The molecule has 1 aromatic heterocycles. The first-order valence-corrected chi connectivity index (χ1v) is 7.64. The van der Waals surface area contributed by atoms with Gasteiger partial charge in [0.05, 0.1) is 17.3 Å². The van der Waals surface area contributed by atoms with Crippen molar-refractivity contribution in [3.8, 4) is 0 Å². The number of rotatable bonds is 4. The van der Waals surface area contributed by atoms with Gasteiger partial charge in [-0.15, -0.1) is 0 Å². The molecule has 106 valence electrons. The van der Waals surface area contributed by atoms with Crippen molar-refractivity contribution in [3.63, 3.8) is 0 Å². The molecule has 2 N–H and O–H groups in total. The Kier molecular flexibility index (Phi) is 4.27. The summed E-state index contributed by atoms with van der Waals surface area (Å²) in [4.78, 5) is 4.14. The van der Waals surface area contributed by atoms with Crippen LogP contribution in [0.5, 0.6) is 0 Å². The van der Waals surface area contributed by atoms with Gasteiger partial charge in [0.25, 0.3) is 0 Å². The van der Waals surface area contributed by atoms with E-state index in [0.29, 0.717) is 11.4 Å². The highest BCUT2D eigenvalue weighted by Crippen LogP contribution is 2.26. The third-order valence-corrected chi connectivity index (χ3v) is 5.04. The van der Waals surface area contributed by atoms with Crippen molar-refractivity contribution in [2.24, 2.45) is 0 Å². The molecule has 0 aliphatic rings. The number of benzene rings is 1. The highest BCUT2D eigenvalue weighted by Gasteiger charge is 2.23. The molecule has 0 saturated heterocycles. The van der Waals surface area contributed by atoms with E-state index in [-0.39, 0.29) is 16.5 Å². The smallest absolute Gasteiger partial charge is 0.244 e. The predicted octanol–water partition coefficient (Wildman–Crippen LogP) is 2.14. The van der Waals surface area contributed by atoms with Crippen LogP contribution in [0.2, 0.25) is 5.02 Å². The SMILES string of the molecule is CN(Cc1ccccn1)S(=O)(=O)c1ccc(N)cc1Cl. The number of anilines is 1. The standard InChI is InChI=1S/C13H14ClN3O2S/c1-17(9-11-4-2-3-7-16-11)20(18,19)13-6-5-10(15)8-12(13)14/h2-8H,9,15H2,1H3. The maximum atomic E-state index is 12.4. The molecule has 0 spiro atoms. The van der Waals surface area contributed by atoms with Crippen LogP contribution in [0.1, 0.15) is 5.69 Å². The van der Waals surface area contributed by atoms with Crippen molar-refractivity contribution in [2.45, 2.75) is 11.4 Å². The fourth-order valence-corrected chi connectivity index (χ4v) is 3.36. The molecule has 5 nitrogen and oxygen atoms in total. The Balaban J connectivity index is 2.30. The Morgan fingerprint density at radius 3 is 2.65 bits per heavy atom. The normalized spacial score (nSPS) is 11.8. The summed E-state index contributed by atoms with van der Waals surface area (Å²) in [5.74, 6) is 0. The predicted molar refractivity (Wildman–Crippen MR) is 78.8 cm³/mol. The van der Waals surface area contributed by atoms with Gasteiger partial charge in [0.1, 0.15) is 4.90 Å². The Morgan fingerprint density at radius 1 is 1.30 bits per heavy atom. The average Bonchev–Trinajstić information content (AvgIpc) is 2.39. The van der Waals surface area contributed by atoms with Crippen LogP contribution in [0, 0.1) is 0 Å². The lowest BCUT2D eigenvalue weighted by Gasteiger charge is -2.17. The summed E-state index contributed by atoms with van der Waals surface area (Å²) in [7, 11) is -2.20. The molecule has 0 aliphatic carbocycles. The largest absolute Gasteiger partial charge is 0.399 e. The van der Waals surface area contributed by atoms with Crippen LogP contribution in [-0.4, -0.2) is 24.8 Å². The van der Waals surface area contributed by atoms with E-state index < -0.39 is 10.0 Å². The Labute approximate surface area is 123 Å². The van der Waals surface area contributed by atoms with Gasteiger partial charge in [0, 0.05) is 18.9 Å². The van der Waals surface area contributed by atoms with E-state index in [4.69, 9.17) is 17.3 Å². The van der Waals surface area contributed by atoms with Gasteiger partial charge >= 0.3 is 0 Å². The van der Waals surface area contributed by atoms with Gasteiger partial charge in [0.15, 0.2) is 0 Å². The molecule has 0 amide bonds. The van der Waals surface area contributed by atoms with E-state index in [2.05, 4.69) is 4.98 Å². The molecule has 2 aromatic rings. The van der Waals surface area contributed by atoms with Crippen LogP contribution in [0.4, 0.5) is 5.69 Å². The summed E-state index contributed by atoms with van der Waals surface area (Å²) in [6, 6.07) is 9.67. The van der Waals surface area contributed by atoms with Crippen molar-refractivity contribution in [3.05, 3.63) is 53.3 Å². The number of halogens is 1. The maximum Gasteiger partial charge on any atom is 0.244 e. The molecule has 0 saturated carbocycles. The lowest BCUT2D eigenvalue weighted by atomic mass is 10.3. The summed E-state index contributed by atoms with van der Waals surface area (Å²) in [5, 5.41) is 0.109. The average molecular weight is 312 g/mol. The van der Waals surface area contributed by atoms with E-state index in [1.165, 1.54) is 29.6 Å². The van der Waals surface area contributed by atoms with E-state index >= 15 is 0 Å². The second-order valence-corrected chi connectivity index (χ2v) is 6.69. The summed E-state index contributed by atoms with van der Waals surface area (Å²) in [6.07, 6.45) is 1.62. The second-order valence-electron chi connectivity index (χ2n) is 4.27. The molecule has 0 radical (unpaired) electrons. The summed E-state index contributed by atoms with van der Waals surface area (Å²) in [5.41, 5.74) is 6.64. The highest BCUT2D eigenvalue weighted by molar-refractivity contribution is 7.89. The Hall–Kier alpha value is -1.63. The van der Waals surface area contributed by atoms with Crippen LogP contribution in [-0.2, 0) is 16.6 Å². The monoisotopic (exact) mass is 311 g/mol. The first-order chi connectivity index (χ1) is 9.41. The van der Waals surface area contributed by atoms with Crippen LogP contribution >= 0.6 is 11.6 Å². The number of sulfonamides is 1. The maximum absolute atomic E-state index is 12.4. The van der Waals surface area contributed by atoms with Gasteiger partial charge in [-0.25, -0.2) is 8.42 Å². The summed E-state index contributed by atoms with van der Waals surface area (Å²) >= 11 is 5.96. The van der Waals surface area contributed by atoms with Crippen LogP contribution in [0.3, 0.4) is 0 Å². The lowest BCUT2D eigenvalue weighted by molar-refractivity contribution is 0.462. The minimum Gasteiger partial charge on any atom is -0.399 e. The molecule has 0 atom stereocenters. The minimum absolute atomic E-state index is 0.0341. The molecular weight excluding hydrogens is 298 g/mol. The Morgan fingerprint density at radius 2 is 2.05 bits per heavy atom. The molecular formula is C13H14ClN3O2S. The topological polar surface area (TPSA) is 76.3 Å². The molecule has 0 bridgehead atoms. The number of nitrogens with two attached hydrogens (primary N) is 1. The van der Waals surface area contributed by atoms with Gasteiger partial charge in [-0.1, -0.05) is 17.7 Å². The quantitative estimate of drug-likeness (QED) is 0.878. The zero-order chi connectivity index (χ0) is 14.8. The molecule has 2 rings (SSSR count). The number of aromatic nitrogens is 1. The van der Waals surface area contributed by atoms with E-state index in [9.17, 15) is 8.42 Å². The highest BCUT2D eigenvalue weighted by atomic mass is 35.5. The first-order valence-electron chi connectivity index (χ1n) is 5.82. The third kappa shape index (κ3) is 3.09. The fraction of sp³-hybridized carbons (Fsp3) is 0.154. The zero-order valence-electron chi connectivity index (χ0n) is 10.8. The number of nitrogens with zero attached hydrogens (tertiary/aromatic N) is 2. The van der Waals surface area contributed by atoms with Gasteiger partial charge < -0.3 is 5.73 Å². The molecule has 0 aliphatic heterocycles. The molecule has 0 fully saturated rings. The van der Waals surface area contributed by atoms with Gasteiger partial charge in [-0.3, -0.25) is 4.98 Å². The number of pyridine rings is 1. The van der Waals surface area contributed by atoms with Crippen molar-refractivity contribution in [1.29, 1.82) is 0 Å².